The molecule has 0 spiro atoms. The minimum atomic E-state index is -0.763. The Bertz CT molecular complexity index is 647. The number of nitrogens with one attached hydrogen (secondary N) is 2. The Kier molecular flexibility index (Phi) is 7.47. The molecule has 1 aromatic carbocycles. The van der Waals surface area contributed by atoms with Gasteiger partial charge in [0, 0.05) is 18.4 Å². The minimum absolute atomic E-state index is 0.133. The zero-order valence-electron chi connectivity index (χ0n) is 15.2. The molecule has 1 aromatic rings. The summed E-state index contributed by atoms with van der Waals surface area (Å²) in [6, 6.07) is 6.32. The van der Waals surface area contributed by atoms with Crippen LogP contribution >= 0.6 is 0 Å². The maximum atomic E-state index is 12.6. The molecule has 0 aromatic heterocycles. The van der Waals surface area contributed by atoms with Crippen LogP contribution in [0.4, 0.5) is 4.79 Å². The minimum Gasteiger partial charge on any atom is -0.493 e. The number of amides is 2. The summed E-state index contributed by atoms with van der Waals surface area (Å²) in [4.78, 5) is 24.5. The van der Waals surface area contributed by atoms with Gasteiger partial charge in [0.2, 0.25) is 0 Å². The van der Waals surface area contributed by atoms with E-state index in [2.05, 4.69) is 24.1 Å². The average molecular weight is 362 g/mol. The third-order valence-corrected chi connectivity index (χ3v) is 4.06. The van der Waals surface area contributed by atoms with Crippen LogP contribution in [0.5, 0.6) is 5.75 Å². The van der Waals surface area contributed by atoms with Gasteiger partial charge in [0.25, 0.3) is 0 Å². The number of rotatable bonds is 9. The van der Waals surface area contributed by atoms with Crippen molar-refractivity contribution in [3.8, 4) is 5.75 Å². The van der Waals surface area contributed by atoms with Gasteiger partial charge in [0.15, 0.2) is 0 Å². The molecule has 0 radical (unpaired) electrons. The summed E-state index contributed by atoms with van der Waals surface area (Å²) in [6.07, 6.45) is 1.93. The number of unbranched alkanes of at least 4 members (excludes halogenated alkanes) is 1. The first kappa shape index (κ1) is 19.8. The smallest absolute Gasteiger partial charge is 0.319 e. The molecule has 2 atom stereocenters. The molecule has 1 saturated heterocycles. The molecule has 1 heterocycles. The van der Waals surface area contributed by atoms with Gasteiger partial charge in [0.05, 0.1) is 19.3 Å². The van der Waals surface area contributed by atoms with Crippen LogP contribution < -0.4 is 15.4 Å². The lowest BCUT2D eigenvalue weighted by Crippen LogP contribution is -2.51. The van der Waals surface area contributed by atoms with Gasteiger partial charge in [-0.1, -0.05) is 38.1 Å². The van der Waals surface area contributed by atoms with Gasteiger partial charge >= 0.3 is 12.0 Å². The van der Waals surface area contributed by atoms with Crippen molar-refractivity contribution in [1.29, 1.82) is 0 Å². The summed E-state index contributed by atoms with van der Waals surface area (Å²) < 4.78 is 16.0. The first-order valence-electron chi connectivity index (χ1n) is 8.72. The van der Waals surface area contributed by atoms with Crippen LogP contribution in [0.2, 0.25) is 0 Å². The van der Waals surface area contributed by atoms with Crippen molar-refractivity contribution in [3.05, 3.63) is 42.1 Å². The van der Waals surface area contributed by atoms with E-state index in [0.29, 0.717) is 30.2 Å². The van der Waals surface area contributed by atoms with Gasteiger partial charge in [-0.15, -0.1) is 0 Å². The fourth-order valence-electron chi connectivity index (χ4n) is 2.73. The Morgan fingerprint density at radius 3 is 2.73 bits per heavy atom. The molecule has 7 nitrogen and oxygen atoms in total. The number of hydrogen-bond acceptors (Lipinski definition) is 5. The number of methoxy groups -OCH3 is 1. The molecule has 0 bridgehead atoms. The van der Waals surface area contributed by atoms with Crippen LogP contribution in [0.3, 0.4) is 0 Å². The lowest BCUT2D eigenvalue weighted by atomic mass is 9.88. The molecule has 0 saturated carbocycles. The van der Waals surface area contributed by atoms with Gasteiger partial charge in [-0.2, -0.15) is 0 Å². The Labute approximate surface area is 153 Å². The van der Waals surface area contributed by atoms with Crippen molar-refractivity contribution in [2.24, 2.45) is 5.92 Å². The van der Waals surface area contributed by atoms with E-state index in [1.165, 1.54) is 7.11 Å². The molecule has 1 aliphatic heterocycles. The summed E-state index contributed by atoms with van der Waals surface area (Å²) >= 11 is 0. The molecular formula is C19H26N2O5. The van der Waals surface area contributed by atoms with Gasteiger partial charge in [-0.05, 0) is 12.5 Å². The average Bonchev–Trinajstić information content (AvgIpc) is 2.62. The summed E-state index contributed by atoms with van der Waals surface area (Å²) in [5, 5.41) is 5.35. The van der Waals surface area contributed by atoms with E-state index in [1.54, 1.807) is 0 Å². The van der Waals surface area contributed by atoms with Crippen LogP contribution in [0.15, 0.2) is 36.5 Å². The maximum Gasteiger partial charge on any atom is 0.319 e. The van der Waals surface area contributed by atoms with Crippen LogP contribution in [0.1, 0.15) is 31.4 Å². The Hall–Kier alpha value is -2.54. The number of para-hydroxylation sites is 1. The van der Waals surface area contributed by atoms with Gasteiger partial charge < -0.3 is 24.8 Å². The highest BCUT2D eigenvalue weighted by Crippen LogP contribution is 2.35. The van der Waals surface area contributed by atoms with Crippen LogP contribution in [0.25, 0.3) is 0 Å². The largest absolute Gasteiger partial charge is 0.493 e. The third-order valence-electron chi connectivity index (χ3n) is 4.06. The highest BCUT2D eigenvalue weighted by Gasteiger charge is 2.40. The Balaban J connectivity index is 2.26. The van der Waals surface area contributed by atoms with Crippen molar-refractivity contribution in [2.75, 3.05) is 26.9 Å². The molecule has 2 N–H and O–H groups in total. The van der Waals surface area contributed by atoms with Gasteiger partial charge in [-0.25, -0.2) is 4.79 Å². The summed E-state index contributed by atoms with van der Waals surface area (Å²) in [7, 11) is 1.53. The molecule has 7 heteroatoms. The molecule has 0 aliphatic carbocycles. The SMILES string of the molecule is C=C1NC(=O)N[C@H](c2ccccc2OCCCC)[C@H]1C(=O)OCCOC. The summed E-state index contributed by atoms with van der Waals surface area (Å²) in [6.45, 7) is 6.91. The predicted octanol–water partition coefficient (Wildman–Crippen LogP) is 2.54. The number of carbonyl (C=O) groups excluding carboxylic acids is 2. The van der Waals surface area contributed by atoms with Crippen LogP contribution in [-0.2, 0) is 14.3 Å². The summed E-state index contributed by atoms with van der Waals surface area (Å²) in [5.41, 5.74) is 1.01. The van der Waals surface area contributed by atoms with Crippen molar-refractivity contribution in [2.45, 2.75) is 25.8 Å². The molecule has 2 amide bonds. The number of urea groups is 1. The van der Waals surface area contributed by atoms with Crippen LogP contribution in [-0.4, -0.2) is 38.9 Å². The second-order valence-electron chi connectivity index (χ2n) is 5.98. The zero-order valence-corrected chi connectivity index (χ0v) is 15.2. The Morgan fingerprint density at radius 1 is 1.23 bits per heavy atom. The molecule has 0 unspecified atom stereocenters. The molecule has 1 aliphatic rings. The lowest BCUT2D eigenvalue weighted by Gasteiger charge is -2.34. The molecular weight excluding hydrogens is 336 g/mol. The summed E-state index contributed by atoms with van der Waals surface area (Å²) in [5.74, 6) is -0.607. The monoisotopic (exact) mass is 362 g/mol. The highest BCUT2D eigenvalue weighted by molar-refractivity contribution is 5.85. The second kappa shape index (κ2) is 9.82. The van der Waals surface area contributed by atoms with E-state index >= 15 is 0 Å². The van der Waals surface area contributed by atoms with E-state index in [0.717, 1.165) is 12.8 Å². The fraction of sp³-hybridized carbons (Fsp3) is 0.474. The number of ether oxygens (including phenoxy) is 3. The van der Waals surface area contributed by atoms with Gasteiger partial charge in [-0.3, -0.25) is 4.79 Å². The Morgan fingerprint density at radius 2 is 2.00 bits per heavy atom. The van der Waals surface area contributed by atoms with E-state index in [4.69, 9.17) is 14.2 Å². The molecule has 26 heavy (non-hydrogen) atoms. The topological polar surface area (TPSA) is 85.9 Å². The van der Waals surface area contributed by atoms with Crippen molar-refractivity contribution < 1.29 is 23.8 Å². The zero-order chi connectivity index (χ0) is 18.9. The van der Waals surface area contributed by atoms with Gasteiger partial charge in [0.1, 0.15) is 18.3 Å². The quantitative estimate of drug-likeness (QED) is 0.521. The van der Waals surface area contributed by atoms with Crippen LogP contribution in [0, 0.1) is 5.92 Å². The first-order valence-corrected chi connectivity index (χ1v) is 8.72. The van der Waals surface area contributed by atoms with Crippen molar-refractivity contribution in [1.82, 2.24) is 10.6 Å². The highest BCUT2D eigenvalue weighted by atomic mass is 16.6. The lowest BCUT2D eigenvalue weighted by molar-refractivity contribution is -0.149. The number of carbonyl (C=O) groups is 2. The molecule has 2 rings (SSSR count). The molecule has 1 fully saturated rings. The number of esters is 1. The molecule has 142 valence electrons. The predicted molar refractivity (Wildman–Crippen MR) is 96.7 cm³/mol. The maximum absolute atomic E-state index is 12.6. The van der Waals surface area contributed by atoms with E-state index in [9.17, 15) is 9.59 Å². The third kappa shape index (κ3) is 4.98. The first-order chi connectivity index (χ1) is 12.6. The van der Waals surface area contributed by atoms with E-state index in [1.807, 2.05) is 24.3 Å². The fourth-order valence-corrected chi connectivity index (χ4v) is 2.73. The van der Waals surface area contributed by atoms with Crippen molar-refractivity contribution >= 4 is 12.0 Å². The number of hydrogen-bond donors (Lipinski definition) is 2. The normalized spacial score (nSPS) is 19.5. The standard InChI is InChI=1S/C19H26N2O5/c1-4-5-10-25-15-9-7-6-8-14(15)17-16(13(2)20-19(23)21-17)18(22)26-12-11-24-3/h6-9,16-17H,2,4-5,10-12H2,1,3H3,(H2,20,21,23)/t16-,17+/m0/s1. The van der Waals surface area contributed by atoms with E-state index < -0.39 is 24.0 Å². The second-order valence-corrected chi connectivity index (χ2v) is 5.98. The van der Waals surface area contributed by atoms with Crippen molar-refractivity contribution in [3.63, 3.8) is 0 Å². The van der Waals surface area contributed by atoms with E-state index in [-0.39, 0.29) is 6.61 Å². The number of benzene rings is 1.